The Kier molecular flexibility index (Phi) is 2.58. The lowest BCUT2D eigenvalue weighted by molar-refractivity contribution is -0.118. The molecule has 1 atom stereocenters. The minimum absolute atomic E-state index is 0.0208. The molecule has 0 spiro atoms. The van der Waals surface area contributed by atoms with Gasteiger partial charge in [-0.15, -0.1) is 0 Å². The Bertz CT molecular complexity index is 145. The summed E-state index contributed by atoms with van der Waals surface area (Å²) >= 11 is 0. The molecule has 0 N–H and O–H groups in total. The third-order valence-corrected chi connectivity index (χ3v) is 2.29. The van der Waals surface area contributed by atoms with Crippen LogP contribution in [0.3, 0.4) is 0 Å². The van der Waals surface area contributed by atoms with Gasteiger partial charge in [-0.25, -0.2) is 8.78 Å². The number of alkyl halides is 2. The third kappa shape index (κ3) is 1.98. The maximum Gasteiger partial charge on any atom is 0.251 e. The summed E-state index contributed by atoms with van der Waals surface area (Å²) in [6.45, 7) is 0. The van der Waals surface area contributed by atoms with Gasteiger partial charge in [-0.3, -0.25) is 0 Å². The Morgan fingerprint density at radius 2 is 2.18 bits per heavy atom. The predicted octanol–water partition coefficient (Wildman–Crippen LogP) is 2.40. The van der Waals surface area contributed by atoms with Gasteiger partial charge in [-0.2, -0.15) is 0 Å². The normalized spacial score (nSPS) is 29.8. The predicted molar refractivity (Wildman–Crippen MR) is 37.6 cm³/mol. The van der Waals surface area contributed by atoms with Crippen molar-refractivity contribution in [3.63, 3.8) is 0 Å². The maximum atomic E-state index is 12.9. The molecule has 0 heterocycles. The molecule has 0 aliphatic heterocycles. The van der Waals surface area contributed by atoms with Crippen LogP contribution in [0, 0.1) is 5.92 Å². The molecule has 0 aromatic carbocycles. The van der Waals surface area contributed by atoms with Gasteiger partial charge in [0.05, 0.1) is 0 Å². The molecule has 0 bridgehead atoms. The van der Waals surface area contributed by atoms with E-state index >= 15 is 0 Å². The average Bonchev–Trinajstić information content (AvgIpc) is 1.94. The summed E-state index contributed by atoms with van der Waals surface area (Å²) in [5.41, 5.74) is 0. The minimum atomic E-state index is -2.58. The van der Waals surface area contributed by atoms with Crippen molar-refractivity contribution >= 4 is 6.29 Å². The molecule has 0 radical (unpaired) electrons. The van der Waals surface area contributed by atoms with Gasteiger partial charge in [0.1, 0.15) is 6.29 Å². The summed E-state index contributed by atoms with van der Waals surface area (Å²) in [5, 5.41) is 0. The summed E-state index contributed by atoms with van der Waals surface area (Å²) in [7, 11) is 0. The molecule has 3 heteroatoms. The van der Waals surface area contributed by atoms with Crippen LogP contribution in [-0.4, -0.2) is 12.2 Å². The molecule has 1 fully saturated rings. The SMILES string of the molecule is O=CCC1CCCCC1(F)F. The molecule has 0 aromatic rings. The van der Waals surface area contributed by atoms with E-state index in [0.717, 1.165) is 6.42 Å². The van der Waals surface area contributed by atoms with Gasteiger partial charge in [0.2, 0.25) is 0 Å². The molecule has 1 aliphatic rings. The standard InChI is InChI=1S/C8H12F2O/c9-8(10)5-2-1-3-7(8)4-6-11/h6-7H,1-5H2. The van der Waals surface area contributed by atoms with Crippen molar-refractivity contribution in [1.82, 2.24) is 0 Å². The number of rotatable bonds is 2. The van der Waals surface area contributed by atoms with E-state index < -0.39 is 11.8 Å². The van der Waals surface area contributed by atoms with Crippen LogP contribution >= 0.6 is 0 Å². The van der Waals surface area contributed by atoms with E-state index in [1.54, 1.807) is 0 Å². The van der Waals surface area contributed by atoms with Gasteiger partial charge in [0.25, 0.3) is 5.92 Å². The lowest BCUT2D eigenvalue weighted by atomic mass is 9.84. The number of halogens is 2. The number of carbonyl (C=O) groups is 1. The van der Waals surface area contributed by atoms with Crippen molar-refractivity contribution in [2.75, 3.05) is 0 Å². The fraction of sp³-hybridized carbons (Fsp3) is 0.875. The highest BCUT2D eigenvalue weighted by Crippen LogP contribution is 2.39. The molecule has 0 saturated heterocycles. The largest absolute Gasteiger partial charge is 0.303 e. The minimum Gasteiger partial charge on any atom is -0.303 e. The van der Waals surface area contributed by atoms with Crippen molar-refractivity contribution < 1.29 is 13.6 Å². The van der Waals surface area contributed by atoms with Gasteiger partial charge in [0.15, 0.2) is 0 Å². The van der Waals surface area contributed by atoms with Gasteiger partial charge in [-0.1, -0.05) is 6.42 Å². The summed E-state index contributed by atoms with van der Waals surface area (Å²) in [6.07, 6.45) is 2.53. The smallest absolute Gasteiger partial charge is 0.251 e. The summed E-state index contributed by atoms with van der Waals surface area (Å²) in [6, 6.07) is 0. The summed E-state index contributed by atoms with van der Waals surface area (Å²) < 4.78 is 25.8. The lowest BCUT2D eigenvalue weighted by Gasteiger charge is -2.29. The van der Waals surface area contributed by atoms with Crippen LogP contribution in [0.15, 0.2) is 0 Å². The highest BCUT2D eigenvalue weighted by atomic mass is 19.3. The van der Waals surface area contributed by atoms with Crippen molar-refractivity contribution in [3.8, 4) is 0 Å². The van der Waals surface area contributed by atoms with E-state index in [4.69, 9.17) is 0 Å². The monoisotopic (exact) mass is 162 g/mol. The van der Waals surface area contributed by atoms with Gasteiger partial charge >= 0.3 is 0 Å². The van der Waals surface area contributed by atoms with Crippen LogP contribution in [0.5, 0.6) is 0 Å². The van der Waals surface area contributed by atoms with Crippen molar-refractivity contribution in [3.05, 3.63) is 0 Å². The van der Waals surface area contributed by atoms with Crippen LogP contribution in [0.1, 0.15) is 32.1 Å². The Labute approximate surface area is 64.8 Å². The second kappa shape index (κ2) is 3.28. The molecule has 1 rings (SSSR count). The third-order valence-electron chi connectivity index (χ3n) is 2.29. The van der Waals surface area contributed by atoms with Gasteiger partial charge < -0.3 is 4.79 Å². The van der Waals surface area contributed by atoms with E-state index in [0.29, 0.717) is 19.1 Å². The number of aldehydes is 1. The van der Waals surface area contributed by atoms with E-state index in [9.17, 15) is 13.6 Å². The molecular formula is C8H12F2O. The maximum absolute atomic E-state index is 12.9. The fourth-order valence-corrected chi connectivity index (χ4v) is 1.57. The highest BCUT2D eigenvalue weighted by Gasteiger charge is 2.40. The zero-order valence-corrected chi connectivity index (χ0v) is 6.35. The Balaban J connectivity index is 2.52. The van der Waals surface area contributed by atoms with E-state index in [2.05, 4.69) is 0 Å². The Hall–Kier alpha value is -0.470. The molecule has 0 amide bonds. The molecule has 11 heavy (non-hydrogen) atoms. The molecule has 1 nitrogen and oxygen atoms in total. The van der Waals surface area contributed by atoms with Gasteiger partial charge in [-0.05, 0) is 12.8 Å². The molecule has 1 aliphatic carbocycles. The molecule has 1 unspecified atom stereocenters. The topological polar surface area (TPSA) is 17.1 Å². The molecule has 0 aromatic heterocycles. The number of hydrogen-bond donors (Lipinski definition) is 0. The van der Waals surface area contributed by atoms with Crippen LogP contribution in [0.25, 0.3) is 0 Å². The van der Waals surface area contributed by atoms with Gasteiger partial charge in [0, 0.05) is 18.8 Å². The van der Waals surface area contributed by atoms with Crippen molar-refractivity contribution in [1.29, 1.82) is 0 Å². The molecular weight excluding hydrogens is 150 g/mol. The van der Waals surface area contributed by atoms with Crippen LogP contribution in [0.4, 0.5) is 8.78 Å². The molecule has 1 saturated carbocycles. The van der Waals surface area contributed by atoms with E-state index in [1.807, 2.05) is 0 Å². The lowest BCUT2D eigenvalue weighted by Crippen LogP contribution is -2.31. The number of hydrogen-bond acceptors (Lipinski definition) is 1. The second-order valence-electron chi connectivity index (χ2n) is 3.11. The Morgan fingerprint density at radius 3 is 2.73 bits per heavy atom. The van der Waals surface area contributed by atoms with Crippen LogP contribution in [0.2, 0.25) is 0 Å². The van der Waals surface area contributed by atoms with Crippen LogP contribution < -0.4 is 0 Å². The zero-order chi connectivity index (χ0) is 8.32. The van der Waals surface area contributed by atoms with Crippen molar-refractivity contribution in [2.24, 2.45) is 5.92 Å². The summed E-state index contributed by atoms with van der Waals surface area (Å²) in [5.74, 6) is -3.27. The van der Waals surface area contributed by atoms with Crippen molar-refractivity contribution in [2.45, 2.75) is 38.0 Å². The highest BCUT2D eigenvalue weighted by molar-refractivity contribution is 5.50. The number of carbonyl (C=O) groups excluding carboxylic acids is 1. The van der Waals surface area contributed by atoms with E-state index in [1.165, 1.54) is 0 Å². The first-order chi connectivity index (χ1) is 5.17. The first-order valence-electron chi connectivity index (χ1n) is 3.98. The second-order valence-corrected chi connectivity index (χ2v) is 3.11. The first-order valence-corrected chi connectivity index (χ1v) is 3.98. The fourth-order valence-electron chi connectivity index (χ4n) is 1.57. The zero-order valence-electron chi connectivity index (χ0n) is 6.35. The summed E-state index contributed by atoms with van der Waals surface area (Å²) in [4.78, 5) is 10.0. The molecule has 64 valence electrons. The Morgan fingerprint density at radius 1 is 1.45 bits per heavy atom. The quantitative estimate of drug-likeness (QED) is 0.570. The average molecular weight is 162 g/mol. The first kappa shape index (κ1) is 8.62. The van der Waals surface area contributed by atoms with Crippen LogP contribution in [-0.2, 0) is 4.79 Å². The van der Waals surface area contributed by atoms with E-state index in [-0.39, 0.29) is 12.8 Å².